The summed E-state index contributed by atoms with van der Waals surface area (Å²) in [6.07, 6.45) is 1.88. The van der Waals surface area contributed by atoms with Crippen molar-refractivity contribution in [1.29, 1.82) is 0 Å². The van der Waals surface area contributed by atoms with Gasteiger partial charge in [-0.1, -0.05) is 24.3 Å². The molecule has 122 valence electrons. The standard InChI is InChI=1S/C16H16BN3O4/c17-18-15(11-1-5-13(6-2-11)19(21)22)9-10-16(18)12-3-7-14(8-4-12)20(23)24/h1-8,15-16H,9-10,17H2. The highest BCUT2D eigenvalue weighted by Gasteiger charge is 2.32. The van der Waals surface area contributed by atoms with E-state index in [0.29, 0.717) is 0 Å². The van der Waals surface area contributed by atoms with Crippen molar-refractivity contribution in [2.75, 3.05) is 0 Å². The maximum Gasteiger partial charge on any atom is 0.269 e. The van der Waals surface area contributed by atoms with E-state index in [4.69, 9.17) is 0 Å². The van der Waals surface area contributed by atoms with Gasteiger partial charge in [0, 0.05) is 36.3 Å². The Kier molecular flexibility index (Phi) is 4.31. The highest BCUT2D eigenvalue weighted by molar-refractivity contribution is 6.05. The Labute approximate surface area is 139 Å². The average Bonchev–Trinajstić information content (AvgIpc) is 2.96. The molecule has 0 saturated carbocycles. The van der Waals surface area contributed by atoms with Gasteiger partial charge in [-0.25, -0.2) is 0 Å². The second-order valence-electron chi connectivity index (χ2n) is 5.97. The largest absolute Gasteiger partial charge is 0.336 e. The first-order chi connectivity index (χ1) is 11.5. The highest BCUT2D eigenvalue weighted by atomic mass is 16.6. The van der Waals surface area contributed by atoms with E-state index in [1.807, 2.05) is 7.98 Å². The van der Waals surface area contributed by atoms with Crippen LogP contribution in [0.25, 0.3) is 0 Å². The Morgan fingerprint density at radius 1 is 0.792 bits per heavy atom. The molecule has 2 aromatic rings. The van der Waals surface area contributed by atoms with Gasteiger partial charge < -0.3 is 4.81 Å². The normalized spacial score (nSPS) is 20.8. The molecule has 3 rings (SSSR count). The fraction of sp³-hybridized carbons (Fsp3) is 0.250. The molecule has 24 heavy (non-hydrogen) atoms. The number of benzene rings is 2. The molecule has 1 aliphatic rings. The lowest BCUT2D eigenvalue weighted by molar-refractivity contribution is -0.385. The molecule has 1 saturated heterocycles. The Morgan fingerprint density at radius 3 is 1.42 bits per heavy atom. The minimum Gasteiger partial charge on any atom is -0.336 e. The Morgan fingerprint density at radius 2 is 1.12 bits per heavy atom. The van der Waals surface area contributed by atoms with Crippen LogP contribution >= 0.6 is 0 Å². The maximum absolute atomic E-state index is 10.8. The summed E-state index contributed by atoms with van der Waals surface area (Å²) in [5.41, 5.74) is 2.28. The zero-order chi connectivity index (χ0) is 17.3. The van der Waals surface area contributed by atoms with Crippen LogP contribution in [0.5, 0.6) is 0 Å². The molecule has 0 radical (unpaired) electrons. The summed E-state index contributed by atoms with van der Waals surface area (Å²) in [6, 6.07) is 13.7. The predicted molar refractivity (Wildman–Crippen MR) is 91.3 cm³/mol. The van der Waals surface area contributed by atoms with Crippen LogP contribution in [0.3, 0.4) is 0 Å². The van der Waals surface area contributed by atoms with Crippen molar-refractivity contribution in [3.63, 3.8) is 0 Å². The average molecular weight is 325 g/mol. The van der Waals surface area contributed by atoms with Gasteiger partial charge in [-0.3, -0.25) is 20.2 Å². The number of nitro groups is 2. The van der Waals surface area contributed by atoms with Gasteiger partial charge in [-0.05, 0) is 24.0 Å². The van der Waals surface area contributed by atoms with E-state index in [1.54, 1.807) is 24.3 Å². The molecular weight excluding hydrogens is 309 g/mol. The summed E-state index contributed by atoms with van der Waals surface area (Å²) in [7, 11) is 2.02. The summed E-state index contributed by atoms with van der Waals surface area (Å²) < 4.78 is 0. The molecule has 0 spiro atoms. The van der Waals surface area contributed by atoms with E-state index >= 15 is 0 Å². The zero-order valence-corrected chi connectivity index (χ0v) is 13.2. The summed E-state index contributed by atoms with van der Waals surface area (Å²) in [4.78, 5) is 22.9. The molecule has 0 aliphatic carbocycles. The van der Waals surface area contributed by atoms with Crippen molar-refractivity contribution in [3.05, 3.63) is 79.9 Å². The number of nitro benzene ring substituents is 2. The molecule has 0 amide bonds. The fourth-order valence-corrected chi connectivity index (χ4v) is 3.38. The molecule has 0 aromatic heterocycles. The van der Waals surface area contributed by atoms with Crippen LogP contribution in [0.2, 0.25) is 0 Å². The third kappa shape index (κ3) is 3.00. The van der Waals surface area contributed by atoms with Crippen LogP contribution in [-0.2, 0) is 0 Å². The van der Waals surface area contributed by atoms with Crippen LogP contribution in [0.15, 0.2) is 48.5 Å². The van der Waals surface area contributed by atoms with Gasteiger partial charge in [0.2, 0.25) is 0 Å². The summed E-state index contributed by atoms with van der Waals surface area (Å²) in [6.45, 7) is 0. The molecule has 1 aliphatic heterocycles. The maximum atomic E-state index is 10.8. The zero-order valence-electron chi connectivity index (χ0n) is 13.2. The minimum absolute atomic E-state index is 0.0892. The number of rotatable bonds is 4. The van der Waals surface area contributed by atoms with Crippen LogP contribution in [-0.4, -0.2) is 22.6 Å². The molecule has 1 fully saturated rings. The van der Waals surface area contributed by atoms with Gasteiger partial charge in [-0.15, -0.1) is 0 Å². The highest BCUT2D eigenvalue weighted by Crippen LogP contribution is 2.42. The fourth-order valence-electron chi connectivity index (χ4n) is 3.38. The van der Waals surface area contributed by atoms with Gasteiger partial charge in [0.1, 0.15) is 0 Å². The van der Waals surface area contributed by atoms with Gasteiger partial charge in [0.25, 0.3) is 11.4 Å². The Bertz CT molecular complexity index is 698. The van der Waals surface area contributed by atoms with Crippen LogP contribution < -0.4 is 0 Å². The topological polar surface area (TPSA) is 89.5 Å². The third-order valence-electron chi connectivity index (χ3n) is 4.67. The first-order valence-corrected chi connectivity index (χ1v) is 7.68. The minimum atomic E-state index is -0.401. The van der Waals surface area contributed by atoms with Gasteiger partial charge in [0.15, 0.2) is 7.98 Å². The Balaban J connectivity index is 1.78. The summed E-state index contributed by atoms with van der Waals surface area (Å²) in [5.74, 6) is 0. The lowest BCUT2D eigenvalue weighted by Gasteiger charge is -2.27. The Hall–Kier alpha value is -2.74. The second kappa shape index (κ2) is 6.41. The van der Waals surface area contributed by atoms with Gasteiger partial charge >= 0.3 is 0 Å². The quantitative estimate of drug-likeness (QED) is 0.490. The number of nitrogens with zero attached hydrogens (tertiary/aromatic N) is 3. The van der Waals surface area contributed by atoms with E-state index in [1.165, 1.54) is 24.3 Å². The molecule has 2 unspecified atom stereocenters. The van der Waals surface area contributed by atoms with Gasteiger partial charge in [-0.2, -0.15) is 0 Å². The summed E-state index contributed by atoms with van der Waals surface area (Å²) in [5, 5.41) is 21.5. The van der Waals surface area contributed by atoms with E-state index in [0.717, 1.165) is 24.0 Å². The van der Waals surface area contributed by atoms with E-state index < -0.39 is 9.85 Å². The molecule has 2 aromatic carbocycles. The first kappa shape index (κ1) is 16.1. The molecule has 1 heterocycles. The van der Waals surface area contributed by atoms with Gasteiger partial charge in [0.05, 0.1) is 9.85 Å². The second-order valence-corrected chi connectivity index (χ2v) is 5.97. The SMILES string of the molecule is BN1C(c2ccc([N+](=O)[O-])cc2)CCC1c1ccc([N+](=O)[O-])cc1. The van der Waals surface area contributed by atoms with Crippen LogP contribution in [0.4, 0.5) is 11.4 Å². The molecule has 2 atom stereocenters. The van der Waals surface area contributed by atoms with Crippen molar-refractivity contribution < 1.29 is 9.85 Å². The lowest BCUT2D eigenvalue weighted by Crippen LogP contribution is -2.23. The van der Waals surface area contributed by atoms with E-state index in [9.17, 15) is 20.2 Å². The number of hydrogen-bond acceptors (Lipinski definition) is 5. The van der Waals surface area contributed by atoms with Crippen molar-refractivity contribution in [1.82, 2.24) is 4.81 Å². The van der Waals surface area contributed by atoms with E-state index in [-0.39, 0.29) is 23.5 Å². The lowest BCUT2D eigenvalue weighted by atomic mass is 10.0. The molecule has 0 N–H and O–H groups in total. The molecular formula is C16H16BN3O4. The molecule has 0 bridgehead atoms. The molecule has 7 nitrogen and oxygen atoms in total. The summed E-state index contributed by atoms with van der Waals surface area (Å²) >= 11 is 0. The number of non-ortho nitro benzene ring substituents is 2. The van der Waals surface area contributed by atoms with Crippen molar-refractivity contribution in [3.8, 4) is 0 Å². The van der Waals surface area contributed by atoms with Crippen molar-refractivity contribution in [2.24, 2.45) is 0 Å². The van der Waals surface area contributed by atoms with Crippen LogP contribution in [0, 0.1) is 20.2 Å². The third-order valence-corrected chi connectivity index (χ3v) is 4.67. The van der Waals surface area contributed by atoms with Crippen molar-refractivity contribution in [2.45, 2.75) is 24.9 Å². The monoisotopic (exact) mass is 325 g/mol. The smallest absolute Gasteiger partial charge is 0.269 e. The molecule has 8 heteroatoms. The van der Waals surface area contributed by atoms with Crippen LogP contribution in [0.1, 0.15) is 36.1 Å². The number of hydrogen-bond donors (Lipinski definition) is 0. The predicted octanol–water partition coefficient (Wildman–Crippen LogP) is 2.93. The first-order valence-electron chi connectivity index (χ1n) is 7.68. The van der Waals surface area contributed by atoms with Crippen molar-refractivity contribution >= 4 is 19.4 Å². The van der Waals surface area contributed by atoms with E-state index in [2.05, 4.69) is 4.81 Å².